The molecule has 0 amide bonds. The molecular formula is C18H15F3O. The highest BCUT2D eigenvalue weighted by molar-refractivity contribution is 5.70. The second-order valence-electron chi connectivity index (χ2n) is 5.34. The lowest BCUT2D eigenvalue weighted by Crippen LogP contribution is -2.01. The summed E-state index contributed by atoms with van der Waals surface area (Å²) in [5, 5.41) is 0. The fourth-order valence-corrected chi connectivity index (χ4v) is 2.24. The third-order valence-corrected chi connectivity index (χ3v) is 3.56. The number of hydrogen-bond acceptors (Lipinski definition) is 1. The van der Waals surface area contributed by atoms with E-state index in [0.717, 1.165) is 24.0 Å². The van der Waals surface area contributed by atoms with Gasteiger partial charge in [-0.05, 0) is 54.2 Å². The summed E-state index contributed by atoms with van der Waals surface area (Å²) in [6, 6.07) is 13.4. The van der Waals surface area contributed by atoms with Gasteiger partial charge >= 0.3 is 6.61 Å². The minimum Gasteiger partial charge on any atom is -0.435 e. The Hall–Kier alpha value is -2.23. The Morgan fingerprint density at radius 1 is 1.05 bits per heavy atom. The molecule has 0 spiro atoms. The molecule has 4 heteroatoms. The Balaban J connectivity index is 1.82. The van der Waals surface area contributed by atoms with Gasteiger partial charge in [-0.2, -0.15) is 8.78 Å². The minimum absolute atomic E-state index is 0.106. The van der Waals surface area contributed by atoms with Crippen molar-refractivity contribution in [2.75, 3.05) is 0 Å². The van der Waals surface area contributed by atoms with Crippen LogP contribution in [0.25, 0.3) is 17.0 Å². The Labute approximate surface area is 127 Å². The van der Waals surface area contributed by atoms with Crippen molar-refractivity contribution in [3.8, 4) is 16.9 Å². The van der Waals surface area contributed by atoms with Gasteiger partial charge in [0, 0.05) is 5.56 Å². The molecule has 0 bridgehead atoms. The molecule has 1 aliphatic rings. The first-order valence-corrected chi connectivity index (χ1v) is 7.15. The topological polar surface area (TPSA) is 9.23 Å². The third kappa shape index (κ3) is 3.70. The Kier molecular flexibility index (Phi) is 4.18. The lowest BCUT2D eigenvalue weighted by molar-refractivity contribution is -0.0498. The summed E-state index contributed by atoms with van der Waals surface area (Å²) in [4.78, 5) is 0. The van der Waals surface area contributed by atoms with Crippen molar-refractivity contribution in [3.63, 3.8) is 0 Å². The maximum Gasteiger partial charge on any atom is 0.387 e. The quantitative estimate of drug-likeness (QED) is 0.691. The maximum absolute atomic E-state index is 14.1. The van der Waals surface area contributed by atoms with E-state index in [1.807, 2.05) is 6.07 Å². The summed E-state index contributed by atoms with van der Waals surface area (Å²) in [7, 11) is 0. The average molecular weight is 304 g/mol. The van der Waals surface area contributed by atoms with Crippen molar-refractivity contribution in [2.24, 2.45) is 5.92 Å². The fraction of sp³-hybridized carbons (Fsp3) is 0.222. The molecule has 0 saturated heterocycles. The van der Waals surface area contributed by atoms with Gasteiger partial charge in [0.15, 0.2) is 0 Å². The van der Waals surface area contributed by atoms with Gasteiger partial charge in [-0.25, -0.2) is 4.39 Å². The highest BCUT2D eigenvalue weighted by Crippen LogP contribution is 2.34. The third-order valence-electron chi connectivity index (χ3n) is 3.56. The van der Waals surface area contributed by atoms with Gasteiger partial charge in [0.05, 0.1) is 0 Å². The molecule has 1 aliphatic carbocycles. The largest absolute Gasteiger partial charge is 0.435 e. The van der Waals surface area contributed by atoms with Gasteiger partial charge in [-0.3, -0.25) is 0 Å². The second-order valence-corrected chi connectivity index (χ2v) is 5.34. The van der Waals surface area contributed by atoms with Crippen LogP contribution in [0, 0.1) is 5.92 Å². The van der Waals surface area contributed by atoms with E-state index in [4.69, 9.17) is 0 Å². The lowest BCUT2D eigenvalue weighted by atomic mass is 10.0. The Bertz CT molecular complexity index is 673. The van der Waals surface area contributed by atoms with Crippen LogP contribution in [-0.4, -0.2) is 6.61 Å². The van der Waals surface area contributed by atoms with Gasteiger partial charge in [-0.15, -0.1) is 0 Å². The van der Waals surface area contributed by atoms with Crippen molar-refractivity contribution in [2.45, 2.75) is 19.5 Å². The standard InChI is InChI=1S/C18H15F3O/c19-17(10-12-4-5-12)15-3-1-2-14(11-15)13-6-8-16(9-7-13)22-18(20)21/h1-3,6-12,18H,4-5H2. The van der Waals surface area contributed by atoms with E-state index in [1.165, 1.54) is 12.1 Å². The lowest BCUT2D eigenvalue weighted by Gasteiger charge is -2.07. The van der Waals surface area contributed by atoms with Crippen molar-refractivity contribution >= 4 is 5.83 Å². The first-order valence-electron chi connectivity index (χ1n) is 7.15. The van der Waals surface area contributed by atoms with Crippen molar-refractivity contribution in [1.82, 2.24) is 0 Å². The van der Waals surface area contributed by atoms with E-state index in [-0.39, 0.29) is 11.6 Å². The number of hydrogen-bond donors (Lipinski definition) is 0. The summed E-state index contributed by atoms with van der Waals surface area (Å²) in [5.74, 6) is 0.270. The Morgan fingerprint density at radius 2 is 1.77 bits per heavy atom. The van der Waals surface area contributed by atoms with Gasteiger partial charge in [0.25, 0.3) is 0 Å². The number of halogens is 3. The number of benzene rings is 2. The van der Waals surface area contributed by atoms with Crippen LogP contribution in [0.4, 0.5) is 13.2 Å². The molecule has 114 valence electrons. The average Bonchev–Trinajstić information content (AvgIpc) is 3.31. The van der Waals surface area contributed by atoms with Crippen LogP contribution >= 0.6 is 0 Å². The monoisotopic (exact) mass is 304 g/mol. The van der Waals surface area contributed by atoms with Gasteiger partial charge in [0.2, 0.25) is 0 Å². The first-order chi connectivity index (χ1) is 10.6. The van der Waals surface area contributed by atoms with Crippen LogP contribution < -0.4 is 4.74 Å². The van der Waals surface area contributed by atoms with E-state index in [9.17, 15) is 13.2 Å². The zero-order valence-corrected chi connectivity index (χ0v) is 11.8. The number of ether oxygens (including phenoxy) is 1. The zero-order valence-electron chi connectivity index (χ0n) is 11.8. The summed E-state index contributed by atoms with van der Waals surface area (Å²) in [5.41, 5.74) is 2.19. The molecule has 0 aliphatic heterocycles. The molecule has 1 fully saturated rings. The first kappa shape index (κ1) is 14.7. The number of rotatable bonds is 5. The smallest absolute Gasteiger partial charge is 0.387 e. The predicted octanol–water partition coefficient (Wildman–Crippen LogP) is 5.68. The maximum atomic E-state index is 14.1. The van der Waals surface area contributed by atoms with E-state index >= 15 is 0 Å². The zero-order chi connectivity index (χ0) is 15.5. The summed E-state index contributed by atoms with van der Waals surface area (Å²) < 4.78 is 42.7. The molecule has 1 saturated carbocycles. The van der Waals surface area contributed by atoms with Crippen LogP contribution in [0.3, 0.4) is 0 Å². The van der Waals surface area contributed by atoms with E-state index in [2.05, 4.69) is 4.74 Å². The van der Waals surface area contributed by atoms with Crippen LogP contribution in [-0.2, 0) is 0 Å². The summed E-state index contributed by atoms with van der Waals surface area (Å²) >= 11 is 0. The molecule has 22 heavy (non-hydrogen) atoms. The fourth-order valence-electron chi connectivity index (χ4n) is 2.24. The van der Waals surface area contributed by atoms with Crippen molar-refractivity contribution in [1.29, 1.82) is 0 Å². The van der Waals surface area contributed by atoms with Crippen molar-refractivity contribution in [3.05, 3.63) is 60.2 Å². The molecule has 0 unspecified atom stereocenters. The molecule has 0 N–H and O–H groups in total. The number of allylic oxidation sites excluding steroid dienone is 1. The van der Waals surface area contributed by atoms with Crippen LogP contribution in [0.15, 0.2) is 54.6 Å². The molecule has 3 rings (SSSR count). The Morgan fingerprint density at radius 3 is 2.41 bits per heavy atom. The molecule has 1 nitrogen and oxygen atoms in total. The second kappa shape index (κ2) is 6.26. The SMILES string of the molecule is FC(=CC1CC1)c1cccc(-c2ccc(OC(F)F)cc2)c1. The van der Waals surface area contributed by atoms with Crippen LogP contribution in [0.1, 0.15) is 18.4 Å². The molecule has 0 radical (unpaired) electrons. The molecule has 0 aromatic heterocycles. The minimum atomic E-state index is -2.84. The molecule has 2 aromatic rings. The highest BCUT2D eigenvalue weighted by atomic mass is 19.3. The highest BCUT2D eigenvalue weighted by Gasteiger charge is 2.20. The molecular weight excluding hydrogens is 289 g/mol. The van der Waals surface area contributed by atoms with Crippen LogP contribution in [0.5, 0.6) is 5.75 Å². The number of alkyl halides is 2. The molecule has 0 atom stereocenters. The predicted molar refractivity (Wildman–Crippen MR) is 80.3 cm³/mol. The van der Waals surface area contributed by atoms with Gasteiger partial charge in [-0.1, -0.05) is 30.3 Å². The summed E-state index contributed by atoms with van der Waals surface area (Å²) in [6.45, 7) is -2.84. The van der Waals surface area contributed by atoms with E-state index in [1.54, 1.807) is 36.4 Å². The van der Waals surface area contributed by atoms with Crippen LogP contribution in [0.2, 0.25) is 0 Å². The van der Waals surface area contributed by atoms with Crippen molar-refractivity contribution < 1.29 is 17.9 Å². The van der Waals surface area contributed by atoms with E-state index < -0.39 is 6.61 Å². The van der Waals surface area contributed by atoms with Gasteiger partial charge < -0.3 is 4.74 Å². The summed E-state index contributed by atoms with van der Waals surface area (Å²) in [6.07, 6.45) is 3.77. The van der Waals surface area contributed by atoms with Gasteiger partial charge in [0.1, 0.15) is 11.6 Å². The molecule has 2 aromatic carbocycles. The normalized spacial score (nSPS) is 15.2. The van der Waals surface area contributed by atoms with E-state index in [0.29, 0.717) is 11.5 Å². The molecule has 0 heterocycles.